The molecule has 1 aromatic heterocycles. The highest BCUT2D eigenvalue weighted by Gasteiger charge is 2.11. The van der Waals surface area contributed by atoms with Crippen LogP contribution in [0.15, 0.2) is 69.0 Å². The van der Waals surface area contributed by atoms with Crippen molar-refractivity contribution in [1.29, 1.82) is 0 Å². The van der Waals surface area contributed by atoms with E-state index < -0.39 is 0 Å². The average molecular weight is 559 g/mol. The van der Waals surface area contributed by atoms with Crippen LogP contribution in [0.1, 0.15) is 23.1 Å². The second-order valence-corrected chi connectivity index (χ2v) is 10.5. The second kappa shape index (κ2) is 12.9. The Balaban J connectivity index is 0.00000432. The van der Waals surface area contributed by atoms with Gasteiger partial charge in [0.25, 0.3) is 0 Å². The highest BCUT2D eigenvalue weighted by Crippen LogP contribution is 2.22. The predicted octanol–water partition coefficient (Wildman–Crippen LogP) is 2.59. The first-order chi connectivity index (χ1) is 16.2. The summed E-state index contributed by atoms with van der Waals surface area (Å²) < 4.78 is 3.01. The fourth-order valence-corrected chi connectivity index (χ4v) is 4.17. The number of anilines is 1. The topological polar surface area (TPSA) is 57.6 Å². The van der Waals surface area contributed by atoms with E-state index >= 15 is 0 Å². The lowest BCUT2D eigenvalue weighted by Crippen LogP contribution is -3.00. The molecule has 0 unspecified atom stereocenters. The van der Waals surface area contributed by atoms with Gasteiger partial charge in [0.15, 0.2) is 0 Å². The van der Waals surface area contributed by atoms with Crippen molar-refractivity contribution in [2.24, 2.45) is 27.5 Å². The van der Waals surface area contributed by atoms with E-state index in [4.69, 9.17) is 0 Å². The molecule has 7 nitrogen and oxygen atoms in total. The average Bonchev–Trinajstić information content (AvgIpc) is 3.05. The normalized spacial score (nSPS) is 12.5. The Hall–Kier alpha value is -2.62. The van der Waals surface area contributed by atoms with Crippen LogP contribution < -0.4 is 26.7 Å². The molecule has 0 saturated carbocycles. The summed E-state index contributed by atoms with van der Waals surface area (Å²) in [5, 5.41) is 17.3. The Morgan fingerprint density at radius 2 is 1.51 bits per heavy atom. The van der Waals surface area contributed by atoms with Gasteiger partial charge in [-0.1, -0.05) is 12.1 Å². The zero-order valence-corrected chi connectivity index (χ0v) is 24.1. The van der Waals surface area contributed by atoms with E-state index in [1.54, 1.807) is 17.6 Å². The molecule has 2 aromatic carbocycles. The lowest BCUT2D eigenvalue weighted by atomic mass is 10.2. The monoisotopic (exact) mass is 557 g/mol. The van der Waals surface area contributed by atoms with Gasteiger partial charge < -0.3 is 30.9 Å². The third kappa shape index (κ3) is 8.52. The molecular formula is C26H36BrN7S. The van der Waals surface area contributed by atoms with Crippen molar-refractivity contribution < 1.29 is 21.5 Å². The molecule has 0 fully saturated rings. The van der Waals surface area contributed by atoms with Crippen LogP contribution in [0.2, 0.25) is 0 Å². The third-order valence-electron chi connectivity index (χ3n) is 5.71. The third-order valence-corrected chi connectivity index (χ3v) is 6.85. The number of likely N-dealkylation sites (N-methyl/N-ethyl adjacent to an activating group) is 2. The van der Waals surface area contributed by atoms with Crippen molar-refractivity contribution >= 4 is 34.6 Å². The number of nitrogens with zero attached hydrogens (tertiary/aromatic N) is 7. The number of azo groups is 1. The number of aryl methyl sites for hydroxylation is 1. The van der Waals surface area contributed by atoms with Crippen LogP contribution in [0.25, 0.3) is 0 Å². The predicted molar refractivity (Wildman–Crippen MR) is 144 cm³/mol. The van der Waals surface area contributed by atoms with Crippen LogP contribution in [0.5, 0.6) is 0 Å². The standard InChI is InChI=1S/C26H36N7S.BrH/c1-8-32(17-18-33(5,6)7)25-15-13-24(14-16-25)29-28-23-11-9-22(10-12-23)19-27-30-26-31(4)20(2)21(3)34-26;/h9-16,19H,8,17-18H2,1-7H3;1H/q+1;/p-1/b27-19+,29-28?,30-26-;. The molecule has 0 radical (unpaired) electrons. The van der Waals surface area contributed by atoms with Crippen molar-refractivity contribution in [3.63, 3.8) is 0 Å². The highest BCUT2D eigenvalue weighted by atomic mass is 79.9. The van der Waals surface area contributed by atoms with Gasteiger partial charge in [0.05, 0.1) is 51.8 Å². The largest absolute Gasteiger partial charge is 1.00 e. The summed E-state index contributed by atoms with van der Waals surface area (Å²) in [6.07, 6.45) is 1.75. The Labute approximate surface area is 223 Å². The van der Waals surface area contributed by atoms with Crippen molar-refractivity contribution in [3.05, 3.63) is 69.5 Å². The van der Waals surface area contributed by atoms with E-state index in [2.05, 4.69) is 83.9 Å². The molecule has 35 heavy (non-hydrogen) atoms. The SMILES string of the molecule is CCN(CC[N+](C)(C)C)c1ccc(N=Nc2ccc(/C=N/N=c3\sc(C)c(C)n3C)cc2)cc1.[Br-]. The van der Waals surface area contributed by atoms with Crippen LogP contribution in [0.3, 0.4) is 0 Å². The van der Waals surface area contributed by atoms with E-state index in [0.29, 0.717) is 0 Å². The molecule has 0 aliphatic heterocycles. The van der Waals surface area contributed by atoms with Crippen molar-refractivity contribution in [2.45, 2.75) is 20.8 Å². The van der Waals surface area contributed by atoms with E-state index in [1.165, 1.54) is 16.3 Å². The van der Waals surface area contributed by atoms with Gasteiger partial charge in [-0.2, -0.15) is 15.3 Å². The number of hydrogen-bond donors (Lipinski definition) is 0. The summed E-state index contributed by atoms with van der Waals surface area (Å²) in [4.78, 5) is 4.53. The number of thiazole rings is 1. The fourth-order valence-electron chi connectivity index (χ4n) is 3.25. The Morgan fingerprint density at radius 1 is 0.943 bits per heavy atom. The molecule has 0 atom stereocenters. The molecule has 0 aliphatic carbocycles. The Morgan fingerprint density at radius 3 is 2.00 bits per heavy atom. The van der Waals surface area contributed by atoms with E-state index in [9.17, 15) is 0 Å². The molecule has 0 bridgehead atoms. The molecule has 0 aliphatic rings. The number of rotatable bonds is 9. The fraction of sp³-hybridized carbons (Fsp3) is 0.385. The highest BCUT2D eigenvalue weighted by molar-refractivity contribution is 7.09. The zero-order chi connectivity index (χ0) is 24.7. The first-order valence-electron chi connectivity index (χ1n) is 11.5. The summed E-state index contributed by atoms with van der Waals surface area (Å²) in [6.45, 7) is 9.47. The molecule has 0 N–H and O–H groups in total. The minimum absolute atomic E-state index is 0. The van der Waals surface area contributed by atoms with Crippen LogP contribution in [0, 0.1) is 13.8 Å². The van der Waals surface area contributed by atoms with Gasteiger partial charge >= 0.3 is 0 Å². The maximum Gasteiger partial charge on any atom is 0.210 e. The quantitative estimate of drug-likeness (QED) is 0.173. The van der Waals surface area contributed by atoms with Gasteiger partial charge in [0.1, 0.15) is 0 Å². The first-order valence-corrected chi connectivity index (χ1v) is 12.4. The number of benzene rings is 2. The smallest absolute Gasteiger partial charge is 0.210 e. The second-order valence-electron chi connectivity index (χ2n) is 9.33. The molecule has 9 heteroatoms. The Bertz CT molecular complexity index is 1200. The molecule has 188 valence electrons. The summed E-state index contributed by atoms with van der Waals surface area (Å²) >= 11 is 1.64. The number of aromatic nitrogens is 1. The molecule has 3 rings (SSSR count). The van der Waals surface area contributed by atoms with E-state index in [-0.39, 0.29) is 17.0 Å². The van der Waals surface area contributed by atoms with Crippen LogP contribution in [-0.2, 0) is 7.05 Å². The number of hydrogen-bond acceptors (Lipinski definition) is 6. The summed E-state index contributed by atoms with van der Waals surface area (Å²) in [5.41, 5.74) is 5.03. The van der Waals surface area contributed by atoms with Gasteiger partial charge in [-0.3, -0.25) is 0 Å². The zero-order valence-electron chi connectivity index (χ0n) is 21.7. The number of quaternary nitrogens is 1. The van der Waals surface area contributed by atoms with Crippen molar-refractivity contribution in [1.82, 2.24) is 4.57 Å². The molecule has 1 heterocycles. The minimum Gasteiger partial charge on any atom is -1.00 e. The van der Waals surface area contributed by atoms with E-state index in [1.807, 2.05) is 43.4 Å². The lowest BCUT2D eigenvalue weighted by molar-refractivity contribution is -0.868. The van der Waals surface area contributed by atoms with Crippen LogP contribution in [-0.4, -0.2) is 56.0 Å². The van der Waals surface area contributed by atoms with Gasteiger partial charge in [-0.05, 0) is 62.7 Å². The molecule has 0 spiro atoms. The summed E-state index contributed by atoms with van der Waals surface area (Å²) in [7, 11) is 8.67. The number of halogens is 1. The van der Waals surface area contributed by atoms with Gasteiger partial charge in [0.2, 0.25) is 4.80 Å². The van der Waals surface area contributed by atoms with Crippen molar-refractivity contribution in [2.75, 3.05) is 45.7 Å². The van der Waals surface area contributed by atoms with Crippen LogP contribution >= 0.6 is 11.3 Å². The minimum atomic E-state index is 0. The molecule has 3 aromatic rings. The molecule has 0 amide bonds. The summed E-state index contributed by atoms with van der Waals surface area (Å²) in [6, 6.07) is 16.1. The first kappa shape index (κ1) is 28.6. The van der Waals surface area contributed by atoms with Gasteiger partial charge in [0, 0.05) is 29.9 Å². The molecular weight excluding hydrogens is 522 g/mol. The summed E-state index contributed by atoms with van der Waals surface area (Å²) in [5.74, 6) is 0. The Kier molecular flexibility index (Phi) is 10.5. The molecule has 0 saturated heterocycles. The maximum absolute atomic E-state index is 4.39. The van der Waals surface area contributed by atoms with Crippen molar-refractivity contribution in [3.8, 4) is 0 Å². The van der Waals surface area contributed by atoms with Gasteiger partial charge in [-0.25, -0.2) is 0 Å². The van der Waals surface area contributed by atoms with Crippen LogP contribution in [0.4, 0.5) is 17.1 Å². The maximum atomic E-state index is 4.39. The van der Waals surface area contributed by atoms with Gasteiger partial charge in [-0.15, -0.1) is 16.4 Å². The lowest BCUT2D eigenvalue weighted by Gasteiger charge is -2.29. The van der Waals surface area contributed by atoms with E-state index in [0.717, 1.165) is 45.9 Å².